The van der Waals surface area contributed by atoms with Gasteiger partial charge in [-0.2, -0.15) is 14.4 Å². The summed E-state index contributed by atoms with van der Waals surface area (Å²) in [7, 11) is 0. The Hall–Kier alpha value is -2.97. The standard InChI is InChI=1S/C21H29FN6O4/c1-3-5-6-7-8-9-10-24-20(30)31-14-11-15(32-21(14,4-2)12-29)28-13-25-16-17(23)26-19(22)27-18(16)28/h2,13-15,29H,3,5-12H2,1H3,(H,24,30)(H2,23,26,27)/t14-,15+,21+/m0/s1. The summed E-state index contributed by atoms with van der Waals surface area (Å²) in [6, 6.07) is 0. The third-order valence-electron chi connectivity index (χ3n) is 5.54. The fraction of sp³-hybridized carbons (Fsp3) is 0.619. The lowest BCUT2D eigenvalue weighted by atomic mass is 9.98. The van der Waals surface area contributed by atoms with Crippen LogP contribution in [0, 0.1) is 18.4 Å². The van der Waals surface area contributed by atoms with Gasteiger partial charge in [-0.15, -0.1) is 6.42 Å². The summed E-state index contributed by atoms with van der Waals surface area (Å²) >= 11 is 0. The molecule has 10 nitrogen and oxygen atoms in total. The highest BCUT2D eigenvalue weighted by Gasteiger charge is 2.51. The molecule has 11 heteroatoms. The second kappa shape index (κ2) is 10.6. The number of aromatic nitrogens is 4. The summed E-state index contributed by atoms with van der Waals surface area (Å²) in [6.07, 6.45) is 10.3. The van der Waals surface area contributed by atoms with Crippen LogP contribution in [0.3, 0.4) is 0 Å². The van der Waals surface area contributed by atoms with Gasteiger partial charge in [-0.1, -0.05) is 44.9 Å². The molecule has 0 spiro atoms. The summed E-state index contributed by atoms with van der Waals surface area (Å²) in [5.41, 5.74) is 4.45. The number of aliphatic hydroxyl groups excluding tert-OH is 1. The van der Waals surface area contributed by atoms with Crippen LogP contribution in [0.5, 0.6) is 0 Å². The van der Waals surface area contributed by atoms with Crippen LogP contribution < -0.4 is 11.1 Å². The number of terminal acetylenes is 1. The van der Waals surface area contributed by atoms with Gasteiger partial charge in [0, 0.05) is 13.0 Å². The molecule has 0 radical (unpaired) electrons. The van der Waals surface area contributed by atoms with Gasteiger partial charge in [0.25, 0.3) is 0 Å². The largest absolute Gasteiger partial charge is 0.442 e. The molecule has 3 atom stereocenters. The SMILES string of the molecule is C#C[C@]1(CO)O[C@@H](n2cnc3c(N)nc(F)nc32)C[C@@H]1OC(=O)NCCCCCCCC. The van der Waals surface area contributed by atoms with Crippen LogP contribution in [-0.2, 0) is 9.47 Å². The van der Waals surface area contributed by atoms with Crippen LogP contribution in [0.2, 0.25) is 0 Å². The van der Waals surface area contributed by atoms with E-state index in [4.69, 9.17) is 21.6 Å². The monoisotopic (exact) mass is 448 g/mol. The van der Waals surface area contributed by atoms with E-state index in [9.17, 15) is 14.3 Å². The van der Waals surface area contributed by atoms with Crippen LogP contribution >= 0.6 is 0 Å². The zero-order chi connectivity index (χ0) is 23.1. The average molecular weight is 448 g/mol. The first kappa shape index (κ1) is 23.7. The number of halogens is 1. The number of aliphatic hydroxyl groups is 1. The van der Waals surface area contributed by atoms with Gasteiger partial charge >= 0.3 is 12.2 Å². The van der Waals surface area contributed by atoms with Crippen molar-refractivity contribution in [2.24, 2.45) is 0 Å². The van der Waals surface area contributed by atoms with Crippen LogP contribution in [0.4, 0.5) is 15.0 Å². The van der Waals surface area contributed by atoms with Crippen molar-refractivity contribution in [3.8, 4) is 12.3 Å². The number of nitrogens with two attached hydrogens (primary N) is 1. The zero-order valence-corrected chi connectivity index (χ0v) is 18.1. The molecule has 0 unspecified atom stereocenters. The molecule has 0 aromatic carbocycles. The second-order valence-electron chi connectivity index (χ2n) is 7.79. The highest BCUT2D eigenvalue weighted by Crippen LogP contribution is 2.39. The molecule has 2 aromatic heterocycles. The van der Waals surface area contributed by atoms with Crippen LogP contribution in [-0.4, -0.2) is 55.6 Å². The molecule has 0 aliphatic carbocycles. The number of amides is 1. The zero-order valence-electron chi connectivity index (χ0n) is 18.1. The number of nitrogens with one attached hydrogen (secondary N) is 1. The van der Waals surface area contributed by atoms with Crippen molar-refractivity contribution in [1.29, 1.82) is 0 Å². The van der Waals surface area contributed by atoms with E-state index in [-0.39, 0.29) is 23.4 Å². The number of rotatable bonds is 10. The summed E-state index contributed by atoms with van der Waals surface area (Å²) in [4.78, 5) is 23.6. The minimum atomic E-state index is -1.56. The quantitative estimate of drug-likeness (QED) is 0.286. The van der Waals surface area contributed by atoms with Crippen molar-refractivity contribution in [1.82, 2.24) is 24.8 Å². The predicted molar refractivity (Wildman–Crippen MR) is 115 cm³/mol. The van der Waals surface area contributed by atoms with Crippen LogP contribution in [0.1, 0.15) is 58.1 Å². The fourth-order valence-corrected chi connectivity index (χ4v) is 3.75. The lowest BCUT2D eigenvalue weighted by molar-refractivity contribution is -0.0908. The molecule has 0 saturated carbocycles. The number of imidazole rings is 1. The molecule has 1 aliphatic rings. The van der Waals surface area contributed by atoms with Crippen LogP contribution in [0.15, 0.2) is 6.33 Å². The normalized spacial score (nSPS) is 22.7. The van der Waals surface area contributed by atoms with Gasteiger partial charge in [0.1, 0.15) is 6.23 Å². The summed E-state index contributed by atoms with van der Waals surface area (Å²) in [5.74, 6) is 2.28. The Balaban J connectivity index is 1.64. The number of anilines is 1. The molecule has 3 heterocycles. The van der Waals surface area contributed by atoms with Gasteiger partial charge in [0.15, 0.2) is 28.7 Å². The number of ether oxygens (including phenoxy) is 2. The number of carbonyl (C=O) groups is 1. The Bertz CT molecular complexity index is 977. The topological polar surface area (TPSA) is 137 Å². The van der Waals surface area contributed by atoms with E-state index in [1.807, 2.05) is 0 Å². The van der Waals surface area contributed by atoms with E-state index < -0.39 is 36.7 Å². The lowest BCUT2D eigenvalue weighted by Crippen LogP contribution is -2.45. The number of fused-ring (bicyclic) bond motifs is 1. The predicted octanol–water partition coefficient (Wildman–Crippen LogP) is 2.29. The molecule has 1 fully saturated rings. The summed E-state index contributed by atoms with van der Waals surface area (Å²) in [6.45, 7) is 2.06. The second-order valence-corrected chi connectivity index (χ2v) is 7.79. The van der Waals surface area contributed by atoms with Crippen molar-refractivity contribution in [2.45, 2.75) is 69.8 Å². The molecule has 32 heavy (non-hydrogen) atoms. The van der Waals surface area contributed by atoms with Gasteiger partial charge in [0.2, 0.25) is 0 Å². The number of nitrogens with zero attached hydrogens (tertiary/aromatic N) is 4. The molecule has 4 N–H and O–H groups in total. The molecule has 3 rings (SSSR count). The van der Waals surface area contributed by atoms with E-state index in [1.54, 1.807) is 0 Å². The van der Waals surface area contributed by atoms with Gasteiger partial charge in [-0.05, 0) is 6.42 Å². The number of carbonyl (C=O) groups excluding carboxylic acids is 1. The molecule has 0 bridgehead atoms. The molecule has 1 aliphatic heterocycles. The van der Waals surface area contributed by atoms with E-state index in [2.05, 4.69) is 33.1 Å². The Labute approximate surface area is 185 Å². The van der Waals surface area contributed by atoms with E-state index >= 15 is 0 Å². The minimum absolute atomic E-state index is 0.103. The molecule has 174 valence electrons. The van der Waals surface area contributed by atoms with Crippen molar-refractivity contribution >= 4 is 23.1 Å². The third-order valence-corrected chi connectivity index (χ3v) is 5.54. The van der Waals surface area contributed by atoms with Crippen molar-refractivity contribution < 1.29 is 23.8 Å². The van der Waals surface area contributed by atoms with Crippen molar-refractivity contribution in [3.63, 3.8) is 0 Å². The number of nitrogen functional groups attached to an aromatic ring is 1. The van der Waals surface area contributed by atoms with Gasteiger partial charge < -0.3 is 25.6 Å². The van der Waals surface area contributed by atoms with Crippen molar-refractivity contribution in [3.05, 3.63) is 12.4 Å². The van der Waals surface area contributed by atoms with E-state index in [0.29, 0.717) is 6.54 Å². The first-order chi connectivity index (χ1) is 15.4. The fourth-order valence-electron chi connectivity index (χ4n) is 3.75. The Morgan fingerprint density at radius 2 is 2.19 bits per heavy atom. The molecular formula is C21H29FN6O4. The summed E-state index contributed by atoms with van der Waals surface area (Å²) in [5, 5.41) is 12.6. The Morgan fingerprint density at radius 1 is 1.44 bits per heavy atom. The maximum Gasteiger partial charge on any atom is 0.407 e. The van der Waals surface area contributed by atoms with Gasteiger partial charge in [-0.25, -0.2) is 9.78 Å². The van der Waals surface area contributed by atoms with Crippen molar-refractivity contribution in [2.75, 3.05) is 18.9 Å². The van der Waals surface area contributed by atoms with Gasteiger partial charge in [0.05, 0.1) is 12.9 Å². The first-order valence-corrected chi connectivity index (χ1v) is 10.8. The van der Waals surface area contributed by atoms with Crippen LogP contribution in [0.25, 0.3) is 11.2 Å². The third kappa shape index (κ3) is 5.08. The molecule has 1 saturated heterocycles. The molecule has 1 amide bonds. The number of hydrogen-bond acceptors (Lipinski definition) is 8. The Kier molecular flexibility index (Phi) is 7.82. The lowest BCUT2D eigenvalue weighted by Gasteiger charge is -2.26. The Morgan fingerprint density at radius 3 is 2.91 bits per heavy atom. The highest BCUT2D eigenvalue weighted by atomic mass is 19.1. The van der Waals surface area contributed by atoms with E-state index in [0.717, 1.165) is 19.3 Å². The van der Waals surface area contributed by atoms with E-state index in [1.165, 1.54) is 30.2 Å². The summed E-state index contributed by atoms with van der Waals surface area (Å²) < 4.78 is 26.5. The van der Waals surface area contributed by atoms with Gasteiger partial charge in [-0.3, -0.25) is 4.57 Å². The first-order valence-electron chi connectivity index (χ1n) is 10.8. The number of hydrogen-bond donors (Lipinski definition) is 3. The maximum absolute atomic E-state index is 13.7. The number of alkyl carbamates (subject to hydrolysis) is 1. The molecular weight excluding hydrogens is 419 g/mol. The average Bonchev–Trinajstić information content (AvgIpc) is 3.35. The number of unbranched alkanes of at least 4 members (excludes halogenated alkanes) is 5. The molecule has 2 aromatic rings. The smallest absolute Gasteiger partial charge is 0.407 e. The minimum Gasteiger partial charge on any atom is -0.442 e. The maximum atomic E-state index is 13.7. The highest BCUT2D eigenvalue weighted by molar-refractivity contribution is 5.81.